The van der Waals surface area contributed by atoms with Crippen molar-refractivity contribution in [2.24, 2.45) is 0 Å². The molecule has 0 fully saturated rings. The molecule has 0 aromatic heterocycles. The van der Waals surface area contributed by atoms with Crippen molar-refractivity contribution in [1.29, 1.82) is 0 Å². The molecular formula is C21H23BrN2O4. The molecule has 0 saturated carbocycles. The van der Waals surface area contributed by atoms with Crippen LogP contribution in [-0.2, 0) is 9.59 Å². The molecule has 0 atom stereocenters. The van der Waals surface area contributed by atoms with Crippen LogP contribution < -0.4 is 20.1 Å². The monoisotopic (exact) mass is 446 g/mol. The lowest BCUT2D eigenvalue weighted by Crippen LogP contribution is -2.31. The van der Waals surface area contributed by atoms with Gasteiger partial charge in [0.2, 0.25) is 11.8 Å². The molecule has 0 spiro atoms. The smallest absolute Gasteiger partial charge is 0.244 e. The van der Waals surface area contributed by atoms with Crippen LogP contribution in [0.4, 0.5) is 5.69 Å². The van der Waals surface area contributed by atoms with Gasteiger partial charge in [-0.2, -0.15) is 0 Å². The molecule has 2 rings (SSSR count). The van der Waals surface area contributed by atoms with Crippen LogP contribution in [0.25, 0.3) is 6.08 Å². The molecule has 0 saturated heterocycles. The van der Waals surface area contributed by atoms with E-state index < -0.39 is 0 Å². The van der Waals surface area contributed by atoms with E-state index in [0.717, 1.165) is 15.6 Å². The molecule has 28 heavy (non-hydrogen) atoms. The molecule has 0 bridgehead atoms. The fourth-order valence-electron chi connectivity index (χ4n) is 2.42. The van der Waals surface area contributed by atoms with Gasteiger partial charge in [-0.3, -0.25) is 9.59 Å². The first kappa shape index (κ1) is 21.5. The van der Waals surface area contributed by atoms with E-state index in [9.17, 15) is 9.59 Å². The quantitative estimate of drug-likeness (QED) is 0.602. The van der Waals surface area contributed by atoms with Gasteiger partial charge in [0.15, 0.2) is 11.5 Å². The normalized spacial score (nSPS) is 10.6. The van der Waals surface area contributed by atoms with E-state index in [-0.39, 0.29) is 18.4 Å². The lowest BCUT2D eigenvalue weighted by atomic mass is 10.2. The summed E-state index contributed by atoms with van der Waals surface area (Å²) in [4.78, 5) is 24.0. The molecule has 0 unspecified atom stereocenters. The summed E-state index contributed by atoms with van der Waals surface area (Å²) < 4.78 is 11.7. The van der Waals surface area contributed by atoms with Gasteiger partial charge in [-0.25, -0.2) is 0 Å². The van der Waals surface area contributed by atoms with Crippen LogP contribution in [0, 0.1) is 6.92 Å². The Morgan fingerprint density at radius 3 is 2.61 bits per heavy atom. The number of benzene rings is 2. The minimum Gasteiger partial charge on any atom is -0.493 e. The molecule has 2 N–H and O–H groups in total. The molecule has 2 aromatic rings. The number of ether oxygens (including phenoxy) is 2. The van der Waals surface area contributed by atoms with Crippen molar-refractivity contribution >= 4 is 39.5 Å². The third-order valence-electron chi connectivity index (χ3n) is 3.80. The first-order chi connectivity index (χ1) is 13.4. The summed E-state index contributed by atoms with van der Waals surface area (Å²) in [5.41, 5.74) is 2.42. The highest BCUT2D eigenvalue weighted by Crippen LogP contribution is 2.28. The maximum absolute atomic E-state index is 12.0. The molecule has 148 valence electrons. The molecule has 0 heterocycles. The number of hydrogen-bond acceptors (Lipinski definition) is 4. The van der Waals surface area contributed by atoms with Crippen molar-refractivity contribution in [3.8, 4) is 11.5 Å². The number of anilines is 1. The number of halogens is 1. The zero-order chi connectivity index (χ0) is 20.5. The Morgan fingerprint density at radius 2 is 1.93 bits per heavy atom. The van der Waals surface area contributed by atoms with Crippen molar-refractivity contribution in [1.82, 2.24) is 5.32 Å². The van der Waals surface area contributed by atoms with E-state index in [2.05, 4.69) is 26.6 Å². The van der Waals surface area contributed by atoms with Gasteiger partial charge in [-0.15, -0.1) is 0 Å². The second kappa shape index (κ2) is 10.5. The Balaban J connectivity index is 1.88. The van der Waals surface area contributed by atoms with Gasteiger partial charge in [0, 0.05) is 16.2 Å². The highest BCUT2D eigenvalue weighted by molar-refractivity contribution is 9.10. The fraction of sp³-hybridized carbons (Fsp3) is 0.238. The summed E-state index contributed by atoms with van der Waals surface area (Å²) in [6.07, 6.45) is 3.01. The molecule has 2 aromatic carbocycles. The zero-order valence-corrected chi connectivity index (χ0v) is 17.6. The minimum atomic E-state index is -0.365. The van der Waals surface area contributed by atoms with Crippen LogP contribution in [0.2, 0.25) is 0 Å². The highest BCUT2D eigenvalue weighted by atomic mass is 79.9. The van der Waals surface area contributed by atoms with Gasteiger partial charge >= 0.3 is 0 Å². The lowest BCUT2D eigenvalue weighted by Gasteiger charge is -2.10. The second-order valence-electron chi connectivity index (χ2n) is 5.90. The number of carbonyl (C=O) groups is 2. The maximum atomic E-state index is 12.0. The summed E-state index contributed by atoms with van der Waals surface area (Å²) in [5.74, 6) is 0.575. The van der Waals surface area contributed by atoms with Crippen LogP contribution in [0.3, 0.4) is 0 Å². The molecule has 0 aliphatic carbocycles. The number of nitrogens with one attached hydrogen (secondary N) is 2. The molecule has 0 aliphatic rings. The van der Waals surface area contributed by atoms with E-state index in [1.807, 2.05) is 32.0 Å². The Morgan fingerprint density at radius 1 is 1.14 bits per heavy atom. The minimum absolute atomic E-state index is 0.120. The van der Waals surface area contributed by atoms with E-state index >= 15 is 0 Å². The standard InChI is InChI=1S/C21H23BrN2O4/c1-4-28-18-9-5-15(12-19(18)27-3)6-10-20(25)23-13-21(26)24-17-8-7-16(22)11-14(17)2/h5-12H,4,13H2,1-3H3,(H,23,25)(H,24,26). The van der Waals surface area contributed by atoms with Gasteiger partial charge < -0.3 is 20.1 Å². The summed E-state index contributed by atoms with van der Waals surface area (Å²) in [5, 5.41) is 5.33. The third-order valence-corrected chi connectivity index (χ3v) is 4.29. The number of carbonyl (C=O) groups excluding carboxylic acids is 2. The van der Waals surface area contributed by atoms with Gasteiger partial charge in [0.05, 0.1) is 20.3 Å². The third kappa shape index (κ3) is 6.42. The number of amides is 2. The Kier molecular flexibility index (Phi) is 8.07. The molecule has 7 heteroatoms. The average molecular weight is 447 g/mol. The van der Waals surface area contributed by atoms with Crippen molar-refractivity contribution in [2.45, 2.75) is 13.8 Å². The van der Waals surface area contributed by atoms with Gasteiger partial charge in [-0.1, -0.05) is 22.0 Å². The molecular weight excluding hydrogens is 424 g/mol. The highest BCUT2D eigenvalue weighted by Gasteiger charge is 2.07. The maximum Gasteiger partial charge on any atom is 0.244 e. The Hall–Kier alpha value is -2.80. The number of methoxy groups -OCH3 is 1. The summed E-state index contributed by atoms with van der Waals surface area (Å²) in [6, 6.07) is 10.9. The lowest BCUT2D eigenvalue weighted by molar-refractivity contribution is -0.121. The number of aryl methyl sites for hydroxylation is 1. The van der Waals surface area contributed by atoms with E-state index in [4.69, 9.17) is 9.47 Å². The van der Waals surface area contributed by atoms with E-state index in [1.165, 1.54) is 6.08 Å². The summed E-state index contributed by atoms with van der Waals surface area (Å²) in [7, 11) is 1.56. The Bertz CT molecular complexity index is 881. The SMILES string of the molecule is CCOc1ccc(C=CC(=O)NCC(=O)Nc2ccc(Br)cc2C)cc1OC. The largest absolute Gasteiger partial charge is 0.493 e. The van der Waals surface area contributed by atoms with Gasteiger partial charge in [0.25, 0.3) is 0 Å². The average Bonchev–Trinajstić information content (AvgIpc) is 2.68. The molecule has 0 radical (unpaired) electrons. The van der Waals surface area contributed by atoms with Crippen LogP contribution in [-0.4, -0.2) is 32.1 Å². The first-order valence-electron chi connectivity index (χ1n) is 8.75. The van der Waals surface area contributed by atoms with Crippen molar-refractivity contribution in [2.75, 3.05) is 25.6 Å². The Labute approximate surface area is 173 Å². The van der Waals surface area contributed by atoms with Crippen molar-refractivity contribution in [3.05, 3.63) is 58.1 Å². The van der Waals surface area contributed by atoms with Crippen LogP contribution in [0.15, 0.2) is 46.9 Å². The molecule has 0 aliphatic heterocycles. The summed E-state index contributed by atoms with van der Waals surface area (Å²) in [6.45, 7) is 4.21. The van der Waals surface area contributed by atoms with Crippen LogP contribution in [0.1, 0.15) is 18.1 Å². The number of hydrogen-bond donors (Lipinski definition) is 2. The summed E-state index contributed by atoms with van der Waals surface area (Å²) >= 11 is 3.38. The predicted octanol–water partition coefficient (Wildman–Crippen LogP) is 3.93. The number of rotatable bonds is 8. The van der Waals surface area contributed by atoms with Gasteiger partial charge in [-0.05, 0) is 61.4 Å². The van der Waals surface area contributed by atoms with E-state index in [1.54, 1.807) is 31.4 Å². The molecule has 2 amide bonds. The fourth-order valence-corrected chi connectivity index (χ4v) is 2.90. The molecule has 6 nitrogen and oxygen atoms in total. The van der Waals surface area contributed by atoms with Crippen LogP contribution in [0.5, 0.6) is 11.5 Å². The van der Waals surface area contributed by atoms with Crippen LogP contribution >= 0.6 is 15.9 Å². The topological polar surface area (TPSA) is 76.7 Å². The predicted molar refractivity (Wildman–Crippen MR) is 114 cm³/mol. The first-order valence-corrected chi connectivity index (χ1v) is 9.55. The zero-order valence-electron chi connectivity index (χ0n) is 16.0. The van der Waals surface area contributed by atoms with Crippen molar-refractivity contribution < 1.29 is 19.1 Å². The van der Waals surface area contributed by atoms with Gasteiger partial charge in [0.1, 0.15) is 0 Å². The van der Waals surface area contributed by atoms with E-state index in [0.29, 0.717) is 23.8 Å². The second-order valence-corrected chi connectivity index (χ2v) is 6.82. The van der Waals surface area contributed by atoms with Crippen molar-refractivity contribution in [3.63, 3.8) is 0 Å².